The topological polar surface area (TPSA) is 195 Å². The summed E-state index contributed by atoms with van der Waals surface area (Å²) in [5.41, 5.74) is -1.44. The Labute approximate surface area is 282 Å². The Morgan fingerprint density at radius 1 is 0.740 bits per heavy atom. The monoisotopic (exact) mass is 704 g/mol. The van der Waals surface area contributed by atoms with Crippen LogP contribution in [0.1, 0.15) is 64.8 Å². The van der Waals surface area contributed by atoms with Crippen LogP contribution in [-0.4, -0.2) is 58.9 Å². The summed E-state index contributed by atoms with van der Waals surface area (Å²) in [5.74, 6) is -2.89. The van der Waals surface area contributed by atoms with Gasteiger partial charge in [0.1, 0.15) is 11.5 Å². The molecule has 0 spiro atoms. The van der Waals surface area contributed by atoms with Gasteiger partial charge in [-0.3, -0.25) is 20.2 Å². The highest BCUT2D eigenvalue weighted by Crippen LogP contribution is 2.38. The molecule has 1 N–H and O–H groups in total. The lowest BCUT2D eigenvalue weighted by Crippen LogP contribution is -2.10. The van der Waals surface area contributed by atoms with E-state index in [1.54, 1.807) is 12.1 Å². The van der Waals surface area contributed by atoms with Crippen molar-refractivity contribution in [1.82, 2.24) is 0 Å². The molecule has 0 fully saturated rings. The molecule has 0 unspecified atom stereocenters. The SMILES string of the molecule is O=C(/C=C/c1ccc(OC(=O)c2ccc(OCCCC(F)(F)F)cc2)cc1)OCCCCCCOc1c([N+](=O)[O-])cc(C(=O)O)cc1[N+](=O)[O-]. The zero-order valence-corrected chi connectivity index (χ0v) is 26.3. The van der Waals surface area contributed by atoms with Crippen molar-refractivity contribution in [2.24, 2.45) is 0 Å². The van der Waals surface area contributed by atoms with Crippen molar-refractivity contribution in [1.29, 1.82) is 0 Å². The third-order valence-electron chi connectivity index (χ3n) is 6.69. The van der Waals surface area contributed by atoms with E-state index < -0.39 is 63.0 Å². The Balaban J connectivity index is 1.34. The van der Waals surface area contributed by atoms with Crippen LogP contribution in [0.2, 0.25) is 0 Å². The molecule has 3 rings (SSSR count). The van der Waals surface area contributed by atoms with Crippen LogP contribution in [0.4, 0.5) is 24.5 Å². The van der Waals surface area contributed by atoms with Gasteiger partial charge in [-0.15, -0.1) is 0 Å². The molecule has 50 heavy (non-hydrogen) atoms. The molecule has 3 aromatic rings. The summed E-state index contributed by atoms with van der Waals surface area (Å²) in [5, 5.41) is 31.7. The summed E-state index contributed by atoms with van der Waals surface area (Å²) >= 11 is 0. The van der Waals surface area contributed by atoms with Gasteiger partial charge in [0, 0.05) is 24.6 Å². The number of hydrogen-bond acceptors (Lipinski definition) is 11. The van der Waals surface area contributed by atoms with Crippen LogP contribution in [-0.2, 0) is 9.53 Å². The summed E-state index contributed by atoms with van der Waals surface area (Å²) < 4.78 is 57.7. The van der Waals surface area contributed by atoms with Crippen molar-refractivity contribution in [2.45, 2.75) is 44.7 Å². The van der Waals surface area contributed by atoms with Gasteiger partial charge in [0.2, 0.25) is 0 Å². The Bertz CT molecular complexity index is 1660. The summed E-state index contributed by atoms with van der Waals surface area (Å²) in [6.45, 7) is -0.110. The van der Waals surface area contributed by atoms with Crippen molar-refractivity contribution in [3.8, 4) is 17.2 Å². The third-order valence-corrected chi connectivity index (χ3v) is 6.69. The largest absolute Gasteiger partial charge is 0.494 e. The predicted molar refractivity (Wildman–Crippen MR) is 169 cm³/mol. The first-order valence-electron chi connectivity index (χ1n) is 15.0. The first kappa shape index (κ1) is 38.4. The highest BCUT2D eigenvalue weighted by Gasteiger charge is 2.30. The number of carbonyl (C=O) groups excluding carboxylic acids is 2. The summed E-state index contributed by atoms with van der Waals surface area (Å²) in [7, 11) is 0. The van der Waals surface area contributed by atoms with E-state index in [9.17, 15) is 47.8 Å². The van der Waals surface area contributed by atoms with Gasteiger partial charge in [0.05, 0.1) is 40.8 Å². The molecule has 0 bridgehead atoms. The molecular weight excluding hydrogens is 673 g/mol. The molecule has 3 aromatic carbocycles. The van der Waals surface area contributed by atoms with Crippen molar-refractivity contribution < 1.29 is 61.5 Å². The number of unbranched alkanes of at least 4 members (excludes halogenated alkanes) is 3. The molecular formula is C33H31F3N2O12. The number of aromatic carboxylic acids is 1. The number of halogens is 3. The maximum atomic E-state index is 12.4. The molecule has 0 radical (unpaired) electrons. The zero-order valence-electron chi connectivity index (χ0n) is 26.3. The van der Waals surface area contributed by atoms with Crippen LogP contribution >= 0.6 is 0 Å². The Kier molecular flexibility index (Phi) is 14.2. The van der Waals surface area contributed by atoms with E-state index in [1.165, 1.54) is 48.6 Å². The van der Waals surface area contributed by atoms with Gasteiger partial charge >= 0.3 is 35.5 Å². The highest BCUT2D eigenvalue weighted by atomic mass is 19.4. The second-order valence-corrected chi connectivity index (χ2v) is 10.5. The van der Waals surface area contributed by atoms with Crippen molar-refractivity contribution in [2.75, 3.05) is 19.8 Å². The predicted octanol–water partition coefficient (Wildman–Crippen LogP) is 7.34. The molecule has 17 heteroatoms. The molecule has 0 heterocycles. The number of nitrogens with zero attached hydrogens (tertiary/aromatic N) is 2. The molecule has 0 aliphatic rings. The fourth-order valence-electron chi connectivity index (χ4n) is 4.22. The number of rotatable bonds is 19. The first-order valence-corrected chi connectivity index (χ1v) is 15.0. The molecule has 0 aromatic heterocycles. The lowest BCUT2D eigenvalue weighted by Gasteiger charge is -2.09. The lowest BCUT2D eigenvalue weighted by atomic mass is 10.1. The molecule has 0 aliphatic heterocycles. The number of hydrogen-bond donors (Lipinski definition) is 1. The van der Waals surface area contributed by atoms with Gasteiger partial charge in [-0.05, 0) is 80.1 Å². The lowest BCUT2D eigenvalue weighted by molar-refractivity contribution is -0.396. The highest BCUT2D eigenvalue weighted by molar-refractivity contribution is 5.91. The fraction of sp³-hybridized carbons (Fsp3) is 0.303. The van der Waals surface area contributed by atoms with Crippen LogP contribution in [0.3, 0.4) is 0 Å². The van der Waals surface area contributed by atoms with Crippen LogP contribution in [0.25, 0.3) is 6.08 Å². The number of carboxylic acids is 1. The first-order chi connectivity index (χ1) is 23.7. The van der Waals surface area contributed by atoms with Gasteiger partial charge in [0.25, 0.3) is 5.75 Å². The summed E-state index contributed by atoms with van der Waals surface area (Å²) in [4.78, 5) is 56.4. The summed E-state index contributed by atoms with van der Waals surface area (Å²) in [6, 6.07) is 13.4. The van der Waals surface area contributed by atoms with E-state index in [0.29, 0.717) is 49.1 Å². The van der Waals surface area contributed by atoms with E-state index in [4.69, 9.17) is 24.1 Å². The molecule has 0 atom stereocenters. The van der Waals surface area contributed by atoms with Crippen LogP contribution in [0.15, 0.2) is 66.7 Å². The smallest absolute Gasteiger partial charge is 0.389 e. The van der Waals surface area contributed by atoms with Gasteiger partial charge in [-0.25, -0.2) is 14.4 Å². The van der Waals surface area contributed by atoms with E-state index in [0.717, 1.165) is 0 Å². The number of carboxylic acid groups (broad SMARTS) is 1. The van der Waals surface area contributed by atoms with E-state index in [1.807, 2.05) is 0 Å². The maximum absolute atomic E-state index is 12.4. The number of esters is 2. The number of nitro benzene ring substituents is 2. The fourth-order valence-corrected chi connectivity index (χ4v) is 4.22. The molecule has 0 saturated heterocycles. The number of alkyl halides is 3. The third kappa shape index (κ3) is 12.9. The van der Waals surface area contributed by atoms with E-state index in [-0.39, 0.29) is 37.6 Å². The molecule has 0 aliphatic carbocycles. The minimum absolute atomic E-state index is 0.101. The van der Waals surface area contributed by atoms with Crippen LogP contribution in [0, 0.1) is 20.2 Å². The minimum Gasteiger partial charge on any atom is -0.494 e. The molecule has 0 saturated carbocycles. The summed E-state index contributed by atoms with van der Waals surface area (Å²) in [6.07, 6.45) is -0.668. The second kappa shape index (κ2) is 18.5. The average molecular weight is 705 g/mol. The molecule has 266 valence electrons. The Morgan fingerprint density at radius 2 is 1.30 bits per heavy atom. The van der Waals surface area contributed by atoms with Gasteiger partial charge < -0.3 is 24.1 Å². The maximum Gasteiger partial charge on any atom is 0.389 e. The normalized spacial score (nSPS) is 11.2. The van der Waals surface area contributed by atoms with Gasteiger partial charge in [-0.2, -0.15) is 13.2 Å². The number of nitro groups is 2. The standard InChI is InChI=1S/C33H31F3N2O12/c34-33(35,36)16-5-19-47-25-13-9-23(10-14-25)32(42)50-26-11-6-22(7-12-26)8-15-29(39)48-17-3-1-2-4-18-49-30-27(37(43)44)20-24(31(40)41)21-28(30)38(45)46/h6-15,20-21H,1-5,16-19H2,(H,40,41)/b15-8+. The average Bonchev–Trinajstić information content (AvgIpc) is 3.06. The number of benzene rings is 3. The van der Waals surface area contributed by atoms with E-state index >= 15 is 0 Å². The quantitative estimate of drug-likeness (QED) is 0.0326. The zero-order chi connectivity index (χ0) is 36.7. The van der Waals surface area contributed by atoms with E-state index in [2.05, 4.69) is 0 Å². The van der Waals surface area contributed by atoms with Crippen molar-refractivity contribution >= 4 is 35.4 Å². The van der Waals surface area contributed by atoms with Crippen molar-refractivity contribution in [3.05, 3.63) is 104 Å². The van der Waals surface area contributed by atoms with Crippen LogP contribution < -0.4 is 14.2 Å². The Hall–Kier alpha value is -6.00. The van der Waals surface area contributed by atoms with Crippen molar-refractivity contribution in [3.63, 3.8) is 0 Å². The second-order valence-electron chi connectivity index (χ2n) is 10.5. The van der Waals surface area contributed by atoms with Crippen LogP contribution in [0.5, 0.6) is 17.2 Å². The number of carbonyl (C=O) groups is 3. The Morgan fingerprint density at radius 3 is 1.86 bits per heavy atom. The molecule has 14 nitrogen and oxygen atoms in total. The van der Waals surface area contributed by atoms with Gasteiger partial charge in [-0.1, -0.05) is 12.1 Å². The number of ether oxygens (including phenoxy) is 4. The molecule has 0 amide bonds. The van der Waals surface area contributed by atoms with Gasteiger partial charge in [0.15, 0.2) is 0 Å². The minimum atomic E-state index is -4.25.